The molecule has 3 unspecified atom stereocenters. The van der Waals surface area contributed by atoms with Gasteiger partial charge in [-0.15, -0.1) is 0 Å². The monoisotopic (exact) mass is 269 g/mol. The predicted octanol–water partition coefficient (Wildman–Crippen LogP) is -1.83. The lowest BCUT2D eigenvalue weighted by Crippen LogP contribution is -2.31. The number of hydrogen-bond donors (Lipinski definition) is 3. The quantitative estimate of drug-likeness (QED) is 0.387. The lowest BCUT2D eigenvalue weighted by molar-refractivity contribution is -0.220. The Kier molecular flexibility index (Phi) is 4.12. The summed E-state index contributed by atoms with van der Waals surface area (Å²) < 4.78 is 23.4. The summed E-state index contributed by atoms with van der Waals surface area (Å²) in [6.45, 7) is -0.797. The Morgan fingerprint density at radius 3 is 2.71 bits per heavy atom. The summed E-state index contributed by atoms with van der Waals surface area (Å²) in [5, 5.41) is 27.2. The van der Waals surface area contributed by atoms with Gasteiger partial charge in [-0.25, -0.2) is 4.79 Å². The van der Waals surface area contributed by atoms with Gasteiger partial charge in [-0.2, -0.15) is 0 Å². The van der Waals surface area contributed by atoms with Gasteiger partial charge in [0, 0.05) is 7.11 Å². The second kappa shape index (κ2) is 5.03. The molecule has 9 nitrogen and oxygen atoms in total. The highest BCUT2D eigenvalue weighted by molar-refractivity contribution is 7.46. The van der Waals surface area contributed by atoms with Gasteiger partial charge in [0.25, 0.3) is 5.76 Å². The van der Waals surface area contributed by atoms with Crippen molar-refractivity contribution in [3.63, 3.8) is 0 Å². The van der Waals surface area contributed by atoms with Crippen molar-refractivity contribution >= 4 is 13.8 Å². The first-order valence-corrected chi connectivity index (χ1v) is 5.78. The summed E-state index contributed by atoms with van der Waals surface area (Å²) in [5.41, 5.74) is 0. The fraction of sp³-hybridized carbons (Fsp3) is 0.571. The van der Waals surface area contributed by atoms with Gasteiger partial charge in [-0.05, 0) is 0 Å². The number of aliphatic hydroxyl groups excluding tert-OH is 3. The van der Waals surface area contributed by atoms with Crippen molar-refractivity contribution in [1.29, 1.82) is 0 Å². The number of cyclic esters (lactones) is 1. The minimum Gasteiger partial charge on any atom is -0.746 e. The Labute approximate surface area is 95.5 Å². The molecule has 17 heavy (non-hydrogen) atoms. The van der Waals surface area contributed by atoms with E-state index in [2.05, 4.69) is 13.8 Å². The Morgan fingerprint density at radius 2 is 2.24 bits per heavy atom. The van der Waals surface area contributed by atoms with Gasteiger partial charge >= 0.3 is 13.8 Å². The lowest BCUT2D eigenvalue weighted by Gasteiger charge is -2.20. The average molecular weight is 269 g/mol. The van der Waals surface area contributed by atoms with Crippen molar-refractivity contribution in [1.82, 2.24) is 0 Å². The molecule has 1 aliphatic rings. The minimum atomic E-state index is -4.78. The van der Waals surface area contributed by atoms with Crippen LogP contribution < -0.4 is 4.89 Å². The number of phosphoric ester groups is 1. The molecule has 0 spiro atoms. The number of phosphoric acid groups is 1. The van der Waals surface area contributed by atoms with Crippen molar-refractivity contribution in [2.45, 2.75) is 12.2 Å². The van der Waals surface area contributed by atoms with Gasteiger partial charge in [-0.3, -0.25) is 4.57 Å². The van der Waals surface area contributed by atoms with E-state index in [-0.39, 0.29) is 0 Å². The predicted molar refractivity (Wildman–Crippen MR) is 48.3 cm³/mol. The van der Waals surface area contributed by atoms with Crippen LogP contribution in [0.3, 0.4) is 0 Å². The fourth-order valence-electron chi connectivity index (χ4n) is 1.05. The van der Waals surface area contributed by atoms with Crippen LogP contribution in [0.25, 0.3) is 0 Å². The summed E-state index contributed by atoms with van der Waals surface area (Å²) in [7, 11) is -3.98. The Bertz CT molecular complexity index is 389. The fourth-order valence-corrected chi connectivity index (χ4v) is 1.51. The molecule has 0 aromatic heterocycles. The molecule has 0 saturated carbocycles. The molecule has 0 fully saturated rings. The molecule has 3 N–H and O–H groups in total. The summed E-state index contributed by atoms with van der Waals surface area (Å²) in [6.07, 6.45) is -3.16. The first kappa shape index (κ1) is 13.9. The van der Waals surface area contributed by atoms with Crippen molar-refractivity contribution < 1.29 is 43.4 Å². The van der Waals surface area contributed by atoms with Gasteiger partial charge in [0.1, 0.15) is 6.10 Å². The van der Waals surface area contributed by atoms with Crippen molar-refractivity contribution in [3.8, 4) is 0 Å². The summed E-state index contributed by atoms with van der Waals surface area (Å²) >= 11 is 0. The molecule has 1 aliphatic heterocycles. The van der Waals surface area contributed by atoms with Crippen LogP contribution in [-0.4, -0.2) is 47.2 Å². The molecule has 0 saturated heterocycles. The summed E-state index contributed by atoms with van der Waals surface area (Å²) in [6, 6.07) is 0. The maximum absolute atomic E-state index is 11.1. The molecule has 1 rings (SSSR count). The highest BCUT2D eigenvalue weighted by Gasteiger charge is 2.41. The van der Waals surface area contributed by atoms with E-state index in [1.54, 1.807) is 0 Å². The SMILES string of the molecule is COP(=O)([O-])OC1=C(O)C(C(O)CO)OC1=O. The Hall–Kier alpha value is -1.12. The topological polar surface area (TPSA) is 146 Å². The van der Waals surface area contributed by atoms with Crippen LogP contribution in [0.5, 0.6) is 0 Å². The molecule has 1 heterocycles. The smallest absolute Gasteiger partial charge is 0.378 e. The second-order valence-electron chi connectivity index (χ2n) is 3.01. The van der Waals surface area contributed by atoms with Crippen molar-refractivity contribution in [3.05, 3.63) is 11.5 Å². The standard InChI is InChI=1S/C7H11O9P/c1-14-17(12,13)16-6-4(10)5(3(9)2-8)15-7(6)11/h3,5,8-10H,2H2,1H3,(H,12,13)/p-1. The first-order valence-electron chi connectivity index (χ1n) is 4.31. The van der Waals surface area contributed by atoms with Crippen LogP contribution in [0.15, 0.2) is 11.5 Å². The number of carbonyl (C=O) groups excluding carboxylic acids is 1. The molecule has 0 radical (unpaired) electrons. The maximum Gasteiger partial charge on any atom is 0.378 e. The van der Waals surface area contributed by atoms with Gasteiger partial charge in [0.2, 0.25) is 0 Å². The third kappa shape index (κ3) is 2.96. The Morgan fingerprint density at radius 1 is 1.65 bits per heavy atom. The van der Waals surface area contributed by atoms with Crippen LogP contribution in [-0.2, 0) is 23.1 Å². The highest BCUT2D eigenvalue weighted by atomic mass is 31.2. The lowest BCUT2D eigenvalue weighted by atomic mass is 10.2. The number of ether oxygens (including phenoxy) is 1. The largest absolute Gasteiger partial charge is 0.746 e. The summed E-state index contributed by atoms with van der Waals surface area (Å²) in [5.74, 6) is -3.21. The zero-order valence-electron chi connectivity index (χ0n) is 8.60. The van der Waals surface area contributed by atoms with E-state index in [4.69, 9.17) is 10.2 Å². The first-order chi connectivity index (χ1) is 7.82. The van der Waals surface area contributed by atoms with E-state index in [0.717, 1.165) is 7.11 Å². The number of aliphatic hydroxyl groups is 3. The Balaban J connectivity index is 2.94. The number of esters is 1. The second-order valence-corrected chi connectivity index (χ2v) is 4.45. The van der Waals surface area contributed by atoms with E-state index in [0.29, 0.717) is 0 Å². The highest BCUT2D eigenvalue weighted by Crippen LogP contribution is 2.42. The van der Waals surface area contributed by atoms with E-state index < -0.39 is 44.1 Å². The van der Waals surface area contributed by atoms with Gasteiger partial charge < -0.3 is 34.0 Å². The van der Waals surface area contributed by atoms with Crippen LogP contribution in [0.1, 0.15) is 0 Å². The summed E-state index contributed by atoms with van der Waals surface area (Å²) in [4.78, 5) is 22.0. The van der Waals surface area contributed by atoms with Crippen LogP contribution in [0.4, 0.5) is 0 Å². The molecule has 0 aromatic rings. The van der Waals surface area contributed by atoms with Gasteiger partial charge in [-0.1, -0.05) is 0 Å². The van der Waals surface area contributed by atoms with Crippen LogP contribution in [0.2, 0.25) is 0 Å². The normalized spacial score (nSPS) is 25.4. The average Bonchev–Trinajstić information content (AvgIpc) is 2.56. The zero-order chi connectivity index (χ0) is 13.2. The third-order valence-electron chi connectivity index (χ3n) is 1.88. The van der Waals surface area contributed by atoms with Crippen LogP contribution >= 0.6 is 7.82 Å². The van der Waals surface area contributed by atoms with Crippen molar-refractivity contribution in [2.24, 2.45) is 0 Å². The molecular weight excluding hydrogens is 259 g/mol. The molecular formula is C7H10O9P-. The van der Waals surface area contributed by atoms with Gasteiger partial charge in [0.05, 0.1) is 6.61 Å². The molecule has 0 amide bonds. The van der Waals surface area contributed by atoms with E-state index in [1.165, 1.54) is 0 Å². The van der Waals surface area contributed by atoms with E-state index in [1.807, 2.05) is 0 Å². The maximum atomic E-state index is 11.1. The van der Waals surface area contributed by atoms with E-state index >= 15 is 0 Å². The van der Waals surface area contributed by atoms with E-state index in [9.17, 15) is 19.4 Å². The number of carbonyl (C=O) groups is 1. The molecule has 0 aliphatic carbocycles. The molecule has 0 aromatic carbocycles. The van der Waals surface area contributed by atoms with Crippen LogP contribution in [0, 0.1) is 0 Å². The minimum absolute atomic E-state index is 0.797. The zero-order valence-corrected chi connectivity index (χ0v) is 9.49. The molecule has 98 valence electrons. The third-order valence-corrected chi connectivity index (χ3v) is 2.74. The molecule has 3 atom stereocenters. The van der Waals surface area contributed by atoms with Crippen molar-refractivity contribution in [2.75, 3.05) is 13.7 Å². The number of hydrogen-bond acceptors (Lipinski definition) is 9. The molecule has 0 bridgehead atoms. The molecule has 10 heteroatoms. The van der Waals surface area contributed by atoms with Gasteiger partial charge in [0.15, 0.2) is 11.9 Å². The number of rotatable bonds is 5.